The predicted molar refractivity (Wildman–Crippen MR) is 96.1 cm³/mol. The molecule has 0 unspecified atom stereocenters. The quantitative estimate of drug-likeness (QED) is 0.930. The summed E-state index contributed by atoms with van der Waals surface area (Å²) in [5, 5.41) is 2.91. The van der Waals surface area contributed by atoms with Crippen LogP contribution in [0.3, 0.4) is 0 Å². The number of carbonyl (C=O) groups excluding carboxylic acids is 2. The van der Waals surface area contributed by atoms with E-state index in [1.807, 2.05) is 42.1 Å². The first-order chi connectivity index (χ1) is 12.0. The summed E-state index contributed by atoms with van der Waals surface area (Å²) in [5.41, 5.74) is 1.61. The van der Waals surface area contributed by atoms with Gasteiger partial charge in [-0.25, -0.2) is 9.78 Å². The summed E-state index contributed by atoms with van der Waals surface area (Å²) in [7, 11) is 5.36. The van der Waals surface area contributed by atoms with Crippen molar-refractivity contribution in [3.8, 4) is 11.4 Å². The Kier molecular flexibility index (Phi) is 4.74. The molecule has 1 fully saturated rings. The van der Waals surface area contributed by atoms with Crippen LogP contribution in [0.25, 0.3) is 11.4 Å². The first kappa shape index (κ1) is 17.0. The van der Waals surface area contributed by atoms with Crippen LogP contribution in [0, 0.1) is 0 Å². The van der Waals surface area contributed by atoms with E-state index < -0.39 is 0 Å². The van der Waals surface area contributed by atoms with Crippen LogP contribution in [-0.4, -0.2) is 58.0 Å². The molecule has 0 bridgehead atoms. The zero-order valence-corrected chi connectivity index (χ0v) is 14.8. The minimum atomic E-state index is -0.382. The molecule has 7 nitrogen and oxygen atoms in total. The second-order valence-corrected chi connectivity index (χ2v) is 6.46. The van der Waals surface area contributed by atoms with Gasteiger partial charge in [-0.2, -0.15) is 0 Å². The molecule has 25 heavy (non-hydrogen) atoms. The van der Waals surface area contributed by atoms with Crippen LogP contribution >= 0.6 is 0 Å². The number of rotatable bonds is 3. The Morgan fingerprint density at radius 1 is 1.32 bits per heavy atom. The zero-order valence-electron chi connectivity index (χ0n) is 14.8. The average molecular weight is 341 g/mol. The van der Waals surface area contributed by atoms with Gasteiger partial charge >= 0.3 is 6.03 Å². The van der Waals surface area contributed by atoms with Crippen molar-refractivity contribution in [3.05, 3.63) is 36.7 Å². The van der Waals surface area contributed by atoms with Crippen molar-refractivity contribution in [1.82, 2.24) is 19.4 Å². The SMILES string of the molecule is CN(C)C(=O)[C@H]1CCCN1C(=O)Nc1cccc(-c2nccn2C)c1. The van der Waals surface area contributed by atoms with Gasteiger partial charge in [-0.3, -0.25) is 4.79 Å². The minimum absolute atomic E-state index is 0.0330. The van der Waals surface area contributed by atoms with E-state index in [1.54, 1.807) is 25.2 Å². The number of anilines is 1. The molecule has 0 aliphatic carbocycles. The summed E-state index contributed by atoms with van der Waals surface area (Å²) in [6, 6.07) is 6.93. The Morgan fingerprint density at radius 3 is 2.80 bits per heavy atom. The van der Waals surface area contributed by atoms with Gasteiger partial charge in [-0.15, -0.1) is 0 Å². The highest BCUT2D eigenvalue weighted by Gasteiger charge is 2.34. The van der Waals surface area contributed by atoms with Crippen molar-refractivity contribution in [2.45, 2.75) is 18.9 Å². The Balaban J connectivity index is 1.75. The van der Waals surface area contributed by atoms with E-state index in [0.717, 1.165) is 17.8 Å². The molecule has 0 spiro atoms. The topological polar surface area (TPSA) is 70.5 Å². The minimum Gasteiger partial charge on any atom is -0.347 e. The van der Waals surface area contributed by atoms with Gasteiger partial charge in [0.25, 0.3) is 0 Å². The number of benzene rings is 1. The second-order valence-electron chi connectivity index (χ2n) is 6.46. The number of urea groups is 1. The van der Waals surface area contributed by atoms with E-state index in [0.29, 0.717) is 18.7 Å². The smallest absolute Gasteiger partial charge is 0.322 e. The Bertz CT molecular complexity index is 783. The molecule has 1 aliphatic rings. The maximum atomic E-state index is 12.6. The Hall–Kier alpha value is -2.83. The van der Waals surface area contributed by atoms with Crippen LogP contribution in [-0.2, 0) is 11.8 Å². The molecule has 1 aliphatic heterocycles. The lowest BCUT2D eigenvalue weighted by molar-refractivity contribution is -0.132. The van der Waals surface area contributed by atoms with Crippen molar-refractivity contribution >= 4 is 17.6 Å². The van der Waals surface area contributed by atoms with Gasteiger partial charge in [0, 0.05) is 51.3 Å². The van der Waals surface area contributed by atoms with Gasteiger partial charge in [-0.05, 0) is 25.0 Å². The van der Waals surface area contributed by atoms with Crippen molar-refractivity contribution in [2.24, 2.45) is 7.05 Å². The van der Waals surface area contributed by atoms with E-state index in [4.69, 9.17) is 0 Å². The highest BCUT2D eigenvalue weighted by molar-refractivity contribution is 5.94. The molecule has 1 saturated heterocycles. The third-order valence-corrected chi connectivity index (χ3v) is 4.43. The molecule has 7 heteroatoms. The molecule has 132 valence electrons. The summed E-state index contributed by atoms with van der Waals surface area (Å²) >= 11 is 0. The molecule has 3 rings (SSSR count). The lowest BCUT2D eigenvalue weighted by Gasteiger charge is -2.26. The van der Waals surface area contributed by atoms with Gasteiger partial charge < -0.3 is 19.7 Å². The Morgan fingerprint density at radius 2 is 2.12 bits per heavy atom. The van der Waals surface area contributed by atoms with Crippen molar-refractivity contribution in [3.63, 3.8) is 0 Å². The summed E-state index contributed by atoms with van der Waals surface area (Å²) in [6.07, 6.45) is 5.16. The lowest BCUT2D eigenvalue weighted by atomic mass is 10.2. The number of amides is 3. The third-order valence-electron chi connectivity index (χ3n) is 4.43. The van der Waals surface area contributed by atoms with Gasteiger partial charge in [0.05, 0.1) is 0 Å². The van der Waals surface area contributed by atoms with Crippen LogP contribution in [0.2, 0.25) is 0 Å². The lowest BCUT2D eigenvalue weighted by Crippen LogP contribution is -2.47. The number of likely N-dealkylation sites (N-methyl/N-ethyl adjacent to an activating group) is 1. The summed E-state index contributed by atoms with van der Waals surface area (Å²) in [5.74, 6) is 0.798. The van der Waals surface area contributed by atoms with Crippen LogP contribution in [0.15, 0.2) is 36.7 Å². The van der Waals surface area contributed by atoms with Crippen LogP contribution in [0.4, 0.5) is 10.5 Å². The number of carbonyl (C=O) groups is 2. The number of aromatic nitrogens is 2. The summed E-state index contributed by atoms with van der Waals surface area (Å²) in [6.45, 7) is 0.592. The number of nitrogens with zero attached hydrogens (tertiary/aromatic N) is 4. The Labute approximate surface area is 147 Å². The van der Waals surface area contributed by atoms with Crippen LogP contribution in [0.5, 0.6) is 0 Å². The standard InChI is InChI=1S/C18H23N5O2/c1-21(2)17(24)15-8-5-10-23(15)18(25)20-14-7-4-6-13(12-14)16-19-9-11-22(16)3/h4,6-7,9,11-12,15H,5,8,10H2,1-3H3,(H,20,25)/t15-/m1/s1. The van der Waals surface area contributed by atoms with E-state index in [-0.39, 0.29) is 18.0 Å². The molecule has 0 radical (unpaired) electrons. The summed E-state index contributed by atoms with van der Waals surface area (Å²) in [4.78, 5) is 32.4. The fourth-order valence-electron chi connectivity index (χ4n) is 3.14. The molecule has 2 heterocycles. The number of hydrogen-bond acceptors (Lipinski definition) is 3. The molecule has 3 amide bonds. The van der Waals surface area contributed by atoms with Crippen LogP contribution in [0.1, 0.15) is 12.8 Å². The fourth-order valence-corrected chi connectivity index (χ4v) is 3.14. The molecule has 1 atom stereocenters. The highest BCUT2D eigenvalue weighted by atomic mass is 16.2. The fraction of sp³-hybridized carbons (Fsp3) is 0.389. The van der Waals surface area contributed by atoms with Crippen molar-refractivity contribution in [1.29, 1.82) is 0 Å². The average Bonchev–Trinajstić information content (AvgIpc) is 3.23. The van der Waals surface area contributed by atoms with Crippen LogP contribution < -0.4 is 5.32 Å². The monoisotopic (exact) mass is 341 g/mol. The highest BCUT2D eigenvalue weighted by Crippen LogP contribution is 2.23. The van der Waals surface area contributed by atoms with E-state index in [2.05, 4.69) is 10.3 Å². The third kappa shape index (κ3) is 3.50. The normalized spacial score (nSPS) is 16.8. The van der Waals surface area contributed by atoms with E-state index >= 15 is 0 Å². The number of aryl methyl sites for hydroxylation is 1. The molecule has 1 aromatic carbocycles. The zero-order chi connectivity index (χ0) is 18.0. The number of nitrogens with one attached hydrogen (secondary N) is 1. The first-order valence-corrected chi connectivity index (χ1v) is 8.34. The van der Waals surface area contributed by atoms with Gasteiger partial charge in [0.1, 0.15) is 11.9 Å². The predicted octanol–water partition coefficient (Wildman–Crippen LogP) is 2.17. The molecule has 1 N–H and O–H groups in total. The van der Waals surface area contributed by atoms with Gasteiger partial charge in [0.15, 0.2) is 0 Å². The second kappa shape index (κ2) is 6.96. The van der Waals surface area contributed by atoms with Crippen molar-refractivity contribution < 1.29 is 9.59 Å². The van der Waals surface area contributed by atoms with Gasteiger partial charge in [0.2, 0.25) is 5.91 Å². The van der Waals surface area contributed by atoms with Crippen molar-refractivity contribution in [2.75, 3.05) is 26.0 Å². The van der Waals surface area contributed by atoms with E-state index in [1.165, 1.54) is 4.90 Å². The summed E-state index contributed by atoms with van der Waals surface area (Å²) < 4.78 is 1.92. The molecule has 2 aromatic rings. The van der Waals surface area contributed by atoms with E-state index in [9.17, 15) is 9.59 Å². The first-order valence-electron chi connectivity index (χ1n) is 8.34. The number of likely N-dealkylation sites (tertiary alicyclic amines) is 1. The molecular weight excluding hydrogens is 318 g/mol. The number of imidazole rings is 1. The number of hydrogen-bond donors (Lipinski definition) is 1. The molecular formula is C18H23N5O2. The molecule has 0 saturated carbocycles. The largest absolute Gasteiger partial charge is 0.347 e. The van der Waals surface area contributed by atoms with Gasteiger partial charge in [-0.1, -0.05) is 12.1 Å². The maximum Gasteiger partial charge on any atom is 0.322 e. The molecule has 1 aromatic heterocycles. The maximum absolute atomic E-state index is 12.6.